The number of esters is 2. The number of likely N-dealkylation sites (N-methyl/N-ethyl adjacent to an activating group) is 1. The lowest BCUT2D eigenvalue weighted by atomic mass is 9.89. The summed E-state index contributed by atoms with van der Waals surface area (Å²) in [5, 5.41) is 12.2. The number of hydrogen-bond acceptors (Lipinski definition) is 12. The summed E-state index contributed by atoms with van der Waals surface area (Å²) in [4.78, 5) is 35.8. The Labute approximate surface area is 351 Å². The second-order valence-corrected chi connectivity index (χ2v) is 16.2. The number of rotatable bonds is 17. The molecule has 0 spiro atoms. The van der Waals surface area contributed by atoms with Gasteiger partial charge in [0.05, 0.1) is 42.2 Å². The normalized spacial score (nSPS) is 19.2. The van der Waals surface area contributed by atoms with Crippen LogP contribution in [0.5, 0.6) is 0 Å². The smallest absolute Gasteiger partial charge is 0.339 e. The van der Waals surface area contributed by atoms with Gasteiger partial charge >= 0.3 is 11.9 Å². The average molecular weight is 845 g/mol. The SMILES string of the molecule is C[C@@H](SC1COC(/C=C/C=C/c2ccc(C#N)cc2F)OC1)[C@@](Cn1cncn1)(OC(=O)c1ccccc1COC(=O)CCCN1CCN(C)CC1)c1ccc(F)cc1F. The molecular weight excluding hydrogens is 798 g/mol. The van der Waals surface area contributed by atoms with E-state index in [1.54, 1.807) is 55.5 Å². The Morgan fingerprint density at radius 1 is 1.03 bits per heavy atom. The zero-order valence-corrected chi connectivity index (χ0v) is 34.2. The van der Waals surface area contributed by atoms with Crippen LogP contribution in [-0.4, -0.2) is 106 Å². The molecule has 2 saturated heterocycles. The molecule has 12 nitrogen and oxygen atoms in total. The number of carbonyl (C=O) groups is 2. The summed E-state index contributed by atoms with van der Waals surface area (Å²) in [6, 6.07) is 15.8. The molecule has 3 aromatic carbocycles. The van der Waals surface area contributed by atoms with E-state index in [0.717, 1.165) is 50.9 Å². The molecule has 0 N–H and O–H groups in total. The highest BCUT2D eigenvalue weighted by Crippen LogP contribution is 2.42. The first kappa shape index (κ1) is 44.2. The molecule has 0 amide bonds. The topological polar surface area (TPSA) is 132 Å². The van der Waals surface area contributed by atoms with Crippen molar-refractivity contribution in [3.8, 4) is 6.07 Å². The molecule has 0 saturated carbocycles. The molecule has 0 bridgehead atoms. The van der Waals surface area contributed by atoms with Crippen LogP contribution in [0.4, 0.5) is 13.2 Å². The van der Waals surface area contributed by atoms with Crippen molar-refractivity contribution in [3.63, 3.8) is 0 Å². The molecule has 3 heterocycles. The number of allylic oxidation sites excluding steroid dienone is 2. The zero-order valence-electron chi connectivity index (χ0n) is 33.4. The lowest BCUT2D eigenvalue weighted by molar-refractivity contribution is -0.146. The number of hydrogen-bond donors (Lipinski definition) is 0. The minimum absolute atomic E-state index is 0.0825. The van der Waals surface area contributed by atoms with E-state index in [4.69, 9.17) is 24.2 Å². The summed E-state index contributed by atoms with van der Waals surface area (Å²) in [6.07, 6.45) is 9.38. The third-order valence-corrected chi connectivity index (χ3v) is 11.8. The number of piperazine rings is 1. The molecule has 1 aromatic heterocycles. The summed E-state index contributed by atoms with van der Waals surface area (Å²) in [5.74, 6) is -3.46. The standard InChI is InChI=1S/C44H47F3N6O6S/c1-31(60-36-26-57-42(58-27-36)12-6-4-8-33-14-13-32(24-48)22-39(33)46)44(28-53-30-49-29-50-53,38-16-15-35(45)23-40(38)47)59-43(55)37-10-5-3-9-34(37)25-56-41(54)11-7-17-52-20-18-51(2)19-21-52/h3-6,8-10,12-16,22-23,29-31,36,42H,7,11,17-21,25-28H2,1-2H3/b8-4+,12-6+/t31-,36?,42?,44-/m1/s1. The number of ether oxygens (including phenoxy) is 4. The Hall–Kier alpha value is -5.31. The van der Waals surface area contributed by atoms with Gasteiger partial charge in [-0.05, 0) is 63.3 Å². The van der Waals surface area contributed by atoms with E-state index < -0.39 is 46.5 Å². The van der Waals surface area contributed by atoms with Gasteiger partial charge in [-0.25, -0.2) is 27.6 Å². The number of benzene rings is 3. The van der Waals surface area contributed by atoms with E-state index >= 15 is 4.39 Å². The van der Waals surface area contributed by atoms with Crippen LogP contribution in [0.25, 0.3) is 6.08 Å². The van der Waals surface area contributed by atoms with E-state index in [1.807, 2.05) is 6.07 Å². The van der Waals surface area contributed by atoms with E-state index in [0.29, 0.717) is 17.5 Å². The van der Waals surface area contributed by atoms with Crippen molar-refractivity contribution < 1.29 is 41.7 Å². The third kappa shape index (κ3) is 11.9. The monoisotopic (exact) mass is 844 g/mol. The summed E-state index contributed by atoms with van der Waals surface area (Å²) in [7, 11) is 2.09. The molecule has 60 heavy (non-hydrogen) atoms. The molecule has 2 atom stereocenters. The Bertz CT molecular complexity index is 2170. The van der Waals surface area contributed by atoms with Crippen LogP contribution in [0, 0.1) is 28.8 Å². The van der Waals surface area contributed by atoms with Gasteiger partial charge in [-0.2, -0.15) is 10.4 Å². The largest absolute Gasteiger partial charge is 0.461 e. The van der Waals surface area contributed by atoms with Crippen LogP contribution in [0.1, 0.15) is 52.4 Å². The molecule has 2 aliphatic heterocycles. The van der Waals surface area contributed by atoms with Gasteiger partial charge in [-0.3, -0.25) is 4.79 Å². The van der Waals surface area contributed by atoms with E-state index in [-0.39, 0.29) is 54.7 Å². The maximum Gasteiger partial charge on any atom is 0.339 e. The van der Waals surface area contributed by atoms with Crippen molar-refractivity contribution in [2.24, 2.45) is 0 Å². The number of aromatic nitrogens is 3. The van der Waals surface area contributed by atoms with Crippen molar-refractivity contribution in [1.82, 2.24) is 24.6 Å². The summed E-state index contributed by atoms with van der Waals surface area (Å²) < 4.78 is 70.0. The fourth-order valence-electron chi connectivity index (χ4n) is 6.94. The molecule has 0 aliphatic carbocycles. The van der Waals surface area contributed by atoms with Crippen molar-refractivity contribution in [1.29, 1.82) is 5.26 Å². The summed E-state index contributed by atoms with van der Waals surface area (Å²) >= 11 is 1.34. The number of nitriles is 1. The second-order valence-electron chi connectivity index (χ2n) is 14.6. The number of carbonyl (C=O) groups excluding carboxylic acids is 2. The molecule has 16 heteroatoms. The highest BCUT2D eigenvalue weighted by Gasteiger charge is 2.47. The Morgan fingerprint density at radius 2 is 1.82 bits per heavy atom. The van der Waals surface area contributed by atoms with Gasteiger partial charge in [0, 0.05) is 60.6 Å². The van der Waals surface area contributed by atoms with Crippen LogP contribution >= 0.6 is 11.8 Å². The van der Waals surface area contributed by atoms with Gasteiger partial charge < -0.3 is 28.7 Å². The molecule has 6 rings (SSSR count). The predicted molar refractivity (Wildman–Crippen MR) is 219 cm³/mol. The van der Waals surface area contributed by atoms with Crippen molar-refractivity contribution >= 4 is 29.8 Å². The lowest BCUT2D eigenvalue weighted by Gasteiger charge is -2.40. The first-order chi connectivity index (χ1) is 29.0. The lowest BCUT2D eigenvalue weighted by Crippen LogP contribution is -2.47. The van der Waals surface area contributed by atoms with Gasteiger partial charge in [-0.1, -0.05) is 42.5 Å². The molecule has 2 aliphatic rings. The van der Waals surface area contributed by atoms with Gasteiger partial charge in [0.15, 0.2) is 11.9 Å². The molecule has 0 radical (unpaired) electrons. The van der Waals surface area contributed by atoms with E-state index in [9.17, 15) is 18.4 Å². The van der Waals surface area contributed by atoms with Crippen molar-refractivity contribution in [2.75, 3.05) is 53.0 Å². The van der Waals surface area contributed by atoms with Crippen LogP contribution in [0.15, 0.2) is 91.5 Å². The Morgan fingerprint density at radius 3 is 2.53 bits per heavy atom. The molecule has 2 fully saturated rings. The van der Waals surface area contributed by atoms with E-state index in [2.05, 4.69) is 26.9 Å². The Balaban J connectivity index is 1.15. The highest BCUT2D eigenvalue weighted by molar-refractivity contribution is 8.00. The molecule has 316 valence electrons. The quantitative estimate of drug-likeness (QED) is 0.0847. The van der Waals surface area contributed by atoms with Crippen LogP contribution in [0.3, 0.4) is 0 Å². The minimum atomic E-state index is -1.79. The number of thioether (sulfide) groups is 1. The second kappa shape index (κ2) is 21.3. The Kier molecular flexibility index (Phi) is 15.7. The zero-order chi connectivity index (χ0) is 42.5. The van der Waals surface area contributed by atoms with Crippen molar-refractivity contribution in [2.45, 2.75) is 55.3 Å². The molecular formula is C44H47F3N6O6S. The summed E-state index contributed by atoms with van der Waals surface area (Å²) in [5.41, 5.74) is -0.819. The first-order valence-corrected chi connectivity index (χ1v) is 20.6. The maximum atomic E-state index is 16.0. The molecule has 4 aromatic rings. The maximum absolute atomic E-state index is 16.0. The fraction of sp³-hybridized carbons (Fsp3) is 0.386. The van der Waals surface area contributed by atoms with Gasteiger partial charge in [0.25, 0.3) is 0 Å². The van der Waals surface area contributed by atoms with Crippen LogP contribution in [0.2, 0.25) is 0 Å². The van der Waals surface area contributed by atoms with Crippen molar-refractivity contribution in [3.05, 3.63) is 137 Å². The van der Waals surface area contributed by atoms with Gasteiger partial charge in [0.2, 0.25) is 0 Å². The first-order valence-electron chi connectivity index (χ1n) is 19.6. The third-order valence-electron chi connectivity index (χ3n) is 10.3. The predicted octanol–water partition coefficient (Wildman–Crippen LogP) is 6.52. The van der Waals surface area contributed by atoms with Gasteiger partial charge in [-0.15, -0.1) is 11.8 Å². The van der Waals surface area contributed by atoms with Crippen LogP contribution in [-0.2, 0) is 42.5 Å². The highest BCUT2D eigenvalue weighted by atomic mass is 32.2. The number of halogens is 3. The van der Waals surface area contributed by atoms with E-state index in [1.165, 1.54) is 47.3 Å². The minimum Gasteiger partial charge on any atom is -0.461 e. The average Bonchev–Trinajstić information content (AvgIpc) is 3.76. The van der Waals surface area contributed by atoms with Crippen LogP contribution < -0.4 is 0 Å². The molecule has 0 unspecified atom stereocenters. The number of nitrogens with zero attached hydrogens (tertiary/aromatic N) is 6. The van der Waals surface area contributed by atoms with Gasteiger partial charge in [0.1, 0.15) is 36.7 Å². The summed E-state index contributed by atoms with van der Waals surface area (Å²) in [6.45, 7) is 6.47. The fourth-order valence-corrected chi connectivity index (χ4v) is 8.30.